The standard InChI is InChI=1S/C27H45NO3/c1-3-4-5-6-7-8-9-10-11-12-13-15-18-23(2)28-25(21-22-26(29)30)27(31)24-19-16-14-17-20-24/h14,16-17,19-20,23,25,28H,3-13,15,18,21-22H2,1-2H3,(H,29,30). The quantitative estimate of drug-likeness (QED) is 0.170. The van der Waals surface area contributed by atoms with Crippen LogP contribution in [0.25, 0.3) is 0 Å². The Balaban J connectivity index is 2.20. The van der Waals surface area contributed by atoms with E-state index in [1.54, 1.807) is 12.1 Å². The van der Waals surface area contributed by atoms with E-state index in [9.17, 15) is 9.59 Å². The third-order valence-corrected chi connectivity index (χ3v) is 6.00. The molecule has 0 saturated heterocycles. The zero-order valence-electron chi connectivity index (χ0n) is 19.9. The molecule has 0 aliphatic heterocycles. The summed E-state index contributed by atoms with van der Waals surface area (Å²) in [5.41, 5.74) is 0.642. The van der Waals surface area contributed by atoms with Crippen LogP contribution >= 0.6 is 0 Å². The number of carbonyl (C=O) groups excluding carboxylic acids is 1. The second kappa shape index (κ2) is 17.9. The molecule has 2 N–H and O–H groups in total. The van der Waals surface area contributed by atoms with Crippen LogP contribution in [0.3, 0.4) is 0 Å². The summed E-state index contributed by atoms with van der Waals surface area (Å²) in [6, 6.07) is 8.93. The number of aliphatic carboxylic acids is 1. The van der Waals surface area contributed by atoms with Gasteiger partial charge >= 0.3 is 5.97 Å². The van der Waals surface area contributed by atoms with E-state index in [4.69, 9.17) is 5.11 Å². The fraction of sp³-hybridized carbons (Fsp3) is 0.704. The van der Waals surface area contributed by atoms with Crippen LogP contribution in [0.2, 0.25) is 0 Å². The number of nitrogens with one attached hydrogen (secondary N) is 1. The van der Waals surface area contributed by atoms with Gasteiger partial charge in [-0.3, -0.25) is 9.59 Å². The van der Waals surface area contributed by atoms with Crippen molar-refractivity contribution in [1.29, 1.82) is 0 Å². The van der Waals surface area contributed by atoms with E-state index in [-0.39, 0.29) is 18.2 Å². The van der Waals surface area contributed by atoms with Gasteiger partial charge in [0, 0.05) is 18.0 Å². The van der Waals surface area contributed by atoms with Gasteiger partial charge in [-0.25, -0.2) is 0 Å². The summed E-state index contributed by atoms with van der Waals surface area (Å²) in [6.07, 6.45) is 17.3. The lowest BCUT2D eigenvalue weighted by molar-refractivity contribution is -0.137. The molecule has 0 radical (unpaired) electrons. The fourth-order valence-corrected chi connectivity index (χ4v) is 4.08. The first-order valence-electron chi connectivity index (χ1n) is 12.6. The first-order chi connectivity index (χ1) is 15.0. The minimum absolute atomic E-state index is 0.00155. The van der Waals surface area contributed by atoms with Gasteiger partial charge in [-0.1, -0.05) is 114 Å². The van der Waals surface area contributed by atoms with E-state index < -0.39 is 12.0 Å². The Morgan fingerprint density at radius 3 is 1.84 bits per heavy atom. The highest BCUT2D eigenvalue weighted by Gasteiger charge is 2.22. The smallest absolute Gasteiger partial charge is 0.303 e. The molecule has 0 bridgehead atoms. The monoisotopic (exact) mass is 431 g/mol. The summed E-state index contributed by atoms with van der Waals surface area (Å²) in [5.74, 6) is -0.871. The summed E-state index contributed by atoms with van der Waals surface area (Å²) in [7, 11) is 0. The van der Waals surface area contributed by atoms with E-state index in [1.165, 1.54) is 70.6 Å². The Morgan fingerprint density at radius 2 is 1.32 bits per heavy atom. The molecule has 0 heterocycles. The maximum absolute atomic E-state index is 12.8. The van der Waals surface area contributed by atoms with E-state index >= 15 is 0 Å². The summed E-state index contributed by atoms with van der Waals surface area (Å²) < 4.78 is 0. The topological polar surface area (TPSA) is 66.4 Å². The van der Waals surface area contributed by atoms with Gasteiger partial charge in [-0.2, -0.15) is 0 Å². The van der Waals surface area contributed by atoms with Crippen LogP contribution in [-0.4, -0.2) is 28.9 Å². The number of carbonyl (C=O) groups is 2. The lowest BCUT2D eigenvalue weighted by Gasteiger charge is -2.22. The molecule has 0 spiro atoms. The molecule has 0 fully saturated rings. The van der Waals surface area contributed by atoms with Gasteiger partial charge < -0.3 is 10.4 Å². The first kappa shape index (κ1) is 27.4. The van der Waals surface area contributed by atoms with Crippen LogP contribution in [0, 0.1) is 0 Å². The van der Waals surface area contributed by atoms with Gasteiger partial charge in [0.25, 0.3) is 0 Å². The third kappa shape index (κ3) is 14.1. The number of rotatable bonds is 20. The molecule has 0 aromatic heterocycles. The summed E-state index contributed by atoms with van der Waals surface area (Å²) in [6.45, 7) is 4.36. The molecule has 1 aromatic carbocycles. The molecule has 1 rings (SSSR count). The van der Waals surface area contributed by atoms with E-state index in [1.807, 2.05) is 18.2 Å². The van der Waals surface area contributed by atoms with Gasteiger partial charge in [0.05, 0.1) is 6.04 Å². The average Bonchev–Trinajstić information content (AvgIpc) is 2.77. The van der Waals surface area contributed by atoms with Crippen LogP contribution in [0.4, 0.5) is 0 Å². The molecule has 2 unspecified atom stereocenters. The van der Waals surface area contributed by atoms with Crippen molar-refractivity contribution in [2.75, 3.05) is 0 Å². The third-order valence-electron chi connectivity index (χ3n) is 6.00. The summed E-state index contributed by atoms with van der Waals surface area (Å²) in [4.78, 5) is 23.8. The minimum Gasteiger partial charge on any atom is -0.481 e. The predicted molar refractivity (Wildman–Crippen MR) is 130 cm³/mol. The number of carboxylic acids is 1. The summed E-state index contributed by atoms with van der Waals surface area (Å²) in [5, 5.41) is 12.4. The molecule has 2 atom stereocenters. The normalized spacial score (nSPS) is 13.1. The number of benzene rings is 1. The van der Waals surface area contributed by atoms with Crippen LogP contribution in [-0.2, 0) is 4.79 Å². The van der Waals surface area contributed by atoms with Gasteiger partial charge in [0.1, 0.15) is 0 Å². The Bertz CT molecular complexity index is 587. The average molecular weight is 432 g/mol. The molecular formula is C27H45NO3. The molecule has 0 amide bonds. The van der Waals surface area contributed by atoms with Crippen molar-refractivity contribution < 1.29 is 14.7 Å². The van der Waals surface area contributed by atoms with E-state index in [0.717, 1.165) is 12.8 Å². The molecule has 0 saturated carbocycles. The number of carboxylic acid groups (broad SMARTS) is 1. The van der Waals surface area contributed by atoms with Gasteiger partial charge in [-0.15, -0.1) is 0 Å². The molecule has 31 heavy (non-hydrogen) atoms. The Hall–Kier alpha value is -1.68. The van der Waals surface area contributed by atoms with Crippen LogP contribution in [0.15, 0.2) is 30.3 Å². The van der Waals surface area contributed by atoms with Crippen molar-refractivity contribution in [3.63, 3.8) is 0 Å². The van der Waals surface area contributed by atoms with Crippen molar-refractivity contribution in [1.82, 2.24) is 5.32 Å². The zero-order valence-corrected chi connectivity index (χ0v) is 19.9. The Morgan fingerprint density at radius 1 is 0.806 bits per heavy atom. The molecule has 176 valence electrons. The number of Topliss-reactive ketones (excluding diaryl/α,β-unsaturated/α-hetero) is 1. The fourth-order valence-electron chi connectivity index (χ4n) is 4.08. The molecular weight excluding hydrogens is 386 g/mol. The SMILES string of the molecule is CCCCCCCCCCCCCCC(C)NC(CCC(=O)O)C(=O)c1ccccc1. The van der Waals surface area contributed by atoms with Crippen LogP contribution in [0.5, 0.6) is 0 Å². The van der Waals surface area contributed by atoms with Crippen molar-refractivity contribution >= 4 is 11.8 Å². The van der Waals surface area contributed by atoms with Crippen molar-refractivity contribution in [2.45, 2.75) is 122 Å². The lowest BCUT2D eigenvalue weighted by Crippen LogP contribution is -2.42. The number of unbranched alkanes of at least 4 members (excludes halogenated alkanes) is 11. The maximum atomic E-state index is 12.8. The van der Waals surface area contributed by atoms with E-state index in [2.05, 4.69) is 19.2 Å². The highest BCUT2D eigenvalue weighted by atomic mass is 16.4. The van der Waals surface area contributed by atoms with Crippen LogP contribution in [0.1, 0.15) is 121 Å². The Kier molecular flexibility index (Phi) is 15.8. The predicted octanol–water partition coefficient (Wildman–Crippen LogP) is 7.17. The number of ketones is 1. The molecule has 1 aromatic rings. The van der Waals surface area contributed by atoms with Gasteiger partial charge in [-0.05, 0) is 19.8 Å². The van der Waals surface area contributed by atoms with Crippen molar-refractivity contribution in [3.8, 4) is 0 Å². The molecule has 0 aliphatic rings. The van der Waals surface area contributed by atoms with Gasteiger partial charge in [0.2, 0.25) is 0 Å². The number of hydrogen-bond donors (Lipinski definition) is 2. The molecule has 4 heteroatoms. The summed E-state index contributed by atoms with van der Waals surface area (Å²) >= 11 is 0. The first-order valence-corrected chi connectivity index (χ1v) is 12.6. The second-order valence-corrected chi connectivity index (χ2v) is 8.96. The van der Waals surface area contributed by atoms with Crippen molar-refractivity contribution in [3.05, 3.63) is 35.9 Å². The highest BCUT2D eigenvalue weighted by Crippen LogP contribution is 2.14. The molecule has 0 aliphatic carbocycles. The van der Waals surface area contributed by atoms with Crippen LogP contribution < -0.4 is 5.32 Å². The lowest BCUT2D eigenvalue weighted by atomic mass is 9.98. The second-order valence-electron chi connectivity index (χ2n) is 8.96. The Labute approximate surface area is 190 Å². The minimum atomic E-state index is -0.860. The van der Waals surface area contributed by atoms with E-state index in [0.29, 0.717) is 12.0 Å². The number of hydrogen-bond acceptors (Lipinski definition) is 3. The molecule has 4 nitrogen and oxygen atoms in total. The largest absolute Gasteiger partial charge is 0.481 e. The van der Waals surface area contributed by atoms with Crippen molar-refractivity contribution in [2.24, 2.45) is 0 Å². The zero-order chi connectivity index (χ0) is 22.7. The maximum Gasteiger partial charge on any atom is 0.303 e. The van der Waals surface area contributed by atoms with Gasteiger partial charge in [0.15, 0.2) is 5.78 Å². The highest BCUT2D eigenvalue weighted by molar-refractivity contribution is 6.00.